The van der Waals surface area contributed by atoms with Crippen LogP contribution in [0.25, 0.3) is 0 Å². The lowest BCUT2D eigenvalue weighted by Crippen LogP contribution is -2.46. The molecule has 2 N–H and O–H groups in total. The summed E-state index contributed by atoms with van der Waals surface area (Å²) in [4.78, 5) is 25.5. The number of Topliss-reactive ketones (excluding diaryl/α,β-unsaturated/α-hetero) is 1. The molecule has 1 aromatic heterocycles. The molecular weight excluding hydrogens is 354 g/mol. The highest BCUT2D eigenvalue weighted by Crippen LogP contribution is 2.61. The van der Waals surface area contributed by atoms with Gasteiger partial charge in [-0.3, -0.25) is 14.2 Å². The number of hydrogen-bond acceptors (Lipinski definition) is 4. The summed E-state index contributed by atoms with van der Waals surface area (Å²) in [6.07, 6.45) is 13.0. The molecule has 5 rings (SSSR count). The van der Waals surface area contributed by atoms with Crippen molar-refractivity contribution in [3.63, 3.8) is 0 Å². The summed E-state index contributed by atoms with van der Waals surface area (Å²) < 4.78 is 1.06. The number of aromatic hydroxyl groups is 2. The average Bonchev–Trinajstić information content (AvgIpc) is 2.91. The summed E-state index contributed by atoms with van der Waals surface area (Å²) >= 11 is 0. The van der Waals surface area contributed by atoms with Crippen molar-refractivity contribution >= 4 is 11.7 Å². The van der Waals surface area contributed by atoms with Crippen molar-refractivity contribution in [3.8, 4) is 11.6 Å². The summed E-state index contributed by atoms with van der Waals surface area (Å²) in [5, 5.41) is 20.8. The normalized spacial score (nSPS) is 30.7. The maximum absolute atomic E-state index is 13.1. The monoisotopic (exact) mass is 387 g/mol. The molecule has 0 spiro atoms. The summed E-state index contributed by atoms with van der Waals surface area (Å²) in [6.45, 7) is 2.11. The van der Waals surface area contributed by atoms with Crippen LogP contribution in [0.2, 0.25) is 0 Å². The summed E-state index contributed by atoms with van der Waals surface area (Å²) in [5.74, 6) is 1.11. The standard InChI is InChI=1S/C23H33NO4/c1-2-3-4-5-6-20(27)24-14-19(26)21(22(24)28)18(25)13-23-10-15-7-16(11-23)9-17(8-15)12-23/h14-17,26,28H,2-13H2,1H3. The molecule has 0 amide bonds. The Balaban J connectivity index is 1.46. The number of rotatable bonds is 8. The molecule has 0 aliphatic heterocycles. The lowest BCUT2D eigenvalue weighted by Gasteiger charge is -2.56. The van der Waals surface area contributed by atoms with Crippen LogP contribution in [0.15, 0.2) is 6.20 Å². The van der Waals surface area contributed by atoms with E-state index in [2.05, 4.69) is 6.92 Å². The van der Waals surface area contributed by atoms with Crippen LogP contribution in [-0.2, 0) is 0 Å². The molecule has 0 atom stereocenters. The van der Waals surface area contributed by atoms with Crippen LogP contribution in [0.4, 0.5) is 0 Å². The molecule has 1 heterocycles. The zero-order valence-corrected chi connectivity index (χ0v) is 17.0. The van der Waals surface area contributed by atoms with Crippen LogP contribution in [-0.4, -0.2) is 26.5 Å². The minimum absolute atomic E-state index is 0.0387. The van der Waals surface area contributed by atoms with Crippen LogP contribution in [0.3, 0.4) is 0 Å². The third-order valence-electron chi connectivity index (χ3n) is 7.45. The van der Waals surface area contributed by atoms with Crippen molar-refractivity contribution in [2.24, 2.45) is 23.2 Å². The van der Waals surface area contributed by atoms with Crippen LogP contribution in [0.5, 0.6) is 11.6 Å². The third kappa shape index (κ3) is 3.60. The first kappa shape index (κ1) is 19.5. The predicted molar refractivity (Wildman–Crippen MR) is 107 cm³/mol. The highest BCUT2D eigenvalue weighted by atomic mass is 16.3. The number of carbonyl (C=O) groups is 2. The Hall–Kier alpha value is -1.78. The zero-order valence-electron chi connectivity index (χ0n) is 17.0. The fraction of sp³-hybridized carbons (Fsp3) is 0.739. The fourth-order valence-electron chi connectivity index (χ4n) is 6.70. The minimum atomic E-state index is -0.382. The maximum atomic E-state index is 13.1. The molecule has 4 aliphatic rings. The Bertz CT molecular complexity index is 728. The largest absolute Gasteiger partial charge is 0.505 e. The molecule has 4 saturated carbocycles. The van der Waals surface area contributed by atoms with Gasteiger partial charge in [-0.15, -0.1) is 0 Å². The highest BCUT2D eigenvalue weighted by molar-refractivity contribution is 6.02. The van der Waals surface area contributed by atoms with Gasteiger partial charge >= 0.3 is 0 Å². The summed E-state index contributed by atoms with van der Waals surface area (Å²) in [5.41, 5.74) is -0.0191. The molecule has 4 aliphatic carbocycles. The number of unbranched alkanes of at least 4 members (excludes halogenated alkanes) is 3. The number of nitrogens with zero attached hydrogens (tertiary/aromatic N) is 1. The lowest BCUT2D eigenvalue weighted by atomic mass is 9.48. The predicted octanol–water partition coefficient (Wildman–Crippen LogP) is 5.30. The van der Waals surface area contributed by atoms with Crippen LogP contribution in [0, 0.1) is 23.2 Å². The molecule has 154 valence electrons. The topological polar surface area (TPSA) is 79.5 Å². The number of ketones is 1. The van der Waals surface area contributed by atoms with Gasteiger partial charge in [0.15, 0.2) is 5.78 Å². The number of carbonyl (C=O) groups excluding carboxylic acids is 2. The Morgan fingerprint density at radius 1 is 1.04 bits per heavy atom. The Labute approximate surface area is 167 Å². The van der Waals surface area contributed by atoms with Gasteiger partial charge in [-0.1, -0.05) is 26.2 Å². The van der Waals surface area contributed by atoms with E-state index in [1.165, 1.54) is 25.5 Å². The van der Waals surface area contributed by atoms with E-state index in [1.807, 2.05) is 0 Å². The average molecular weight is 388 g/mol. The summed E-state index contributed by atoms with van der Waals surface area (Å²) in [6, 6.07) is 0. The molecule has 0 unspecified atom stereocenters. The van der Waals surface area contributed by atoms with E-state index in [0.717, 1.165) is 67.3 Å². The number of hydrogen-bond donors (Lipinski definition) is 2. The Morgan fingerprint density at radius 2 is 1.64 bits per heavy atom. The van der Waals surface area contributed by atoms with E-state index in [4.69, 9.17) is 0 Å². The van der Waals surface area contributed by atoms with E-state index < -0.39 is 0 Å². The van der Waals surface area contributed by atoms with Crippen molar-refractivity contribution in [2.45, 2.75) is 84.0 Å². The van der Waals surface area contributed by atoms with Gasteiger partial charge in [0, 0.05) is 12.8 Å². The first-order chi connectivity index (χ1) is 13.4. The van der Waals surface area contributed by atoms with E-state index in [1.54, 1.807) is 0 Å². The Morgan fingerprint density at radius 3 is 2.21 bits per heavy atom. The summed E-state index contributed by atoms with van der Waals surface area (Å²) in [7, 11) is 0. The first-order valence-electron chi connectivity index (χ1n) is 11.1. The molecule has 4 fully saturated rings. The minimum Gasteiger partial charge on any atom is -0.505 e. The van der Waals surface area contributed by atoms with Crippen molar-refractivity contribution < 1.29 is 19.8 Å². The molecule has 5 nitrogen and oxygen atoms in total. The first-order valence-corrected chi connectivity index (χ1v) is 11.1. The van der Waals surface area contributed by atoms with Crippen molar-refractivity contribution in [1.29, 1.82) is 0 Å². The van der Waals surface area contributed by atoms with Crippen molar-refractivity contribution in [2.75, 3.05) is 0 Å². The van der Waals surface area contributed by atoms with Gasteiger partial charge in [-0.25, -0.2) is 0 Å². The third-order valence-corrected chi connectivity index (χ3v) is 7.45. The highest BCUT2D eigenvalue weighted by Gasteiger charge is 2.51. The van der Waals surface area contributed by atoms with E-state index in [0.29, 0.717) is 12.8 Å². The van der Waals surface area contributed by atoms with E-state index in [-0.39, 0.29) is 34.3 Å². The van der Waals surface area contributed by atoms with Crippen molar-refractivity contribution in [3.05, 3.63) is 11.8 Å². The van der Waals surface area contributed by atoms with Crippen molar-refractivity contribution in [1.82, 2.24) is 4.57 Å². The molecule has 28 heavy (non-hydrogen) atoms. The second-order valence-electron chi connectivity index (χ2n) is 9.80. The molecule has 0 aromatic carbocycles. The zero-order chi connectivity index (χ0) is 19.9. The second-order valence-corrected chi connectivity index (χ2v) is 9.80. The van der Waals surface area contributed by atoms with Crippen LogP contribution < -0.4 is 0 Å². The van der Waals surface area contributed by atoms with Gasteiger partial charge in [-0.2, -0.15) is 0 Å². The molecule has 1 aromatic rings. The van der Waals surface area contributed by atoms with Gasteiger partial charge < -0.3 is 10.2 Å². The number of aromatic nitrogens is 1. The molecule has 0 radical (unpaired) electrons. The van der Waals surface area contributed by atoms with Gasteiger partial charge in [0.2, 0.25) is 11.8 Å². The van der Waals surface area contributed by atoms with Crippen LogP contribution >= 0.6 is 0 Å². The molecular formula is C23H33NO4. The lowest BCUT2D eigenvalue weighted by molar-refractivity contribution is -0.0524. The van der Waals surface area contributed by atoms with Gasteiger partial charge in [0.25, 0.3) is 0 Å². The molecule has 4 bridgehead atoms. The van der Waals surface area contributed by atoms with E-state index >= 15 is 0 Å². The van der Waals surface area contributed by atoms with Crippen LogP contribution in [0.1, 0.15) is 99.1 Å². The van der Waals surface area contributed by atoms with Gasteiger partial charge in [0.05, 0.1) is 6.20 Å². The maximum Gasteiger partial charge on any atom is 0.233 e. The van der Waals surface area contributed by atoms with E-state index in [9.17, 15) is 19.8 Å². The second kappa shape index (κ2) is 7.57. The molecule has 0 saturated heterocycles. The fourth-order valence-corrected chi connectivity index (χ4v) is 6.70. The smallest absolute Gasteiger partial charge is 0.233 e. The Kier molecular flexibility index (Phi) is 5.28. The quantitative estimate of drug-likeness (QED) is 0.469. The van der Waals surface area contributed by atoms with Gasteiger partial charge in [-0.05, 0) is 68.1 Å². The SMILES string of the molecule is CCCCCCC(=O)n1cc(O)c(C(=O)CC23CC4CC(CC(C4)C2)C3)c1O. The molecule has 5 heteroatoms. The van der Waals surface area contributed by atoms with Gasteiger partial charge in [0.1, 0.15) is 11.3 Å².